The van der Waals surface area contributed by atoms with Gasteiger partial charge in [0.1, 0.15) is 5.78 Å². The molecule has 0 saturated carbocycles. The summed E-state index contributed by atoms with van der Waals surface area (Å²) >= 11 is 0. The molecule has 0 N–H and O–H groups in total. The fraction of sp³-hybridized carbons (Fsp3) is 0.438. The van der Waals surface area contributed by atoms with Crippen LogP contribution in [0.1, 0.15) is 37.7 Å². The van der Waals surface area contributed by atoms with Gasteiger partial charge in [0.25, 0.3) is 0 Å². The van der Waals surface area contributed by atoms with Gasteiger partial charge in [0.05, 0.1) is 7.11 Å². The molecule has 0 heterocycles. The fourth-order valence-electron chi connectivity index (χ4n) is 2.43. The smallest absolute Gasteiger partial charge is 0.165 e. The van der Waals surface area contributed by atoms with Crippen molar-refractivity contribution in [3.63, 3.8) is 0 Å². The van der Waals surface area contributed by atoms with Crippen LogP contribution in [0.4, 0.5) is 4.39 Å². The normalized spacial score (nSPS) is 14.9. The monoisotopic (exact) mass is 262 g/mol. The van der Waals surface area contributed by atoms with E-state index in [9.17, 15) is 9.18 Å². The molecule has 2 nitrogen and oxygen atoms in total. The maximum atomic E-state index is 13.5. The fourth-order valence-corrected chi connectivity index (χ4v) is 2.43. The van der Waals surface area contributed by atoms with Crippen LogP contribution < -0.4 is 4.74 Å². The van der Waals surface area contributed by atoms with Gasteiger partial charge in [-0.05, 0) is 43.4 Å². The van der Waals surface area contributed by atoms with Crippen LogP contribution >= 0.6 is 0 Å². The van der Waals surface area contributed by atoms with Crippen molar-refractivity contribution in [2.45, 2.75) is 38.5 Å². The van der Waals surface area contributed by atoms with Crippen LogP contribution in [0.15, 0.2) is 29.8 Å². The Hall–Kier alpha value is -1.64. The molecule has 0 fully saturated rings. The molecule has 0 radical (unpaired) electrons. The Balaban J connectivity index is 1.95. The van der Waals surface area contributed by atoms with Crippen molar-refractivity contribution in [1.82, 2.24) is 0 Å². The summed E-state index contributed by atoms with van der Waals surface area (Å²) in [6.45, 7) is 0. The molecule has 2 rings (SSSR count). The summed E-state index contributed by atoms with van der Waals surface area (Å²) in [6.07, 6.45) is 7.49. The van der Waals surface area contributed by atoms with Gasteiger partial charge < -0.3 is 4.74 Å². The lowest BCUT2D eigenvalue weighted by molar-refractivity contribution is -0.117. The predicted molar refractivity (Wildman–Crippen MR) is 72.8 cm³/mol. The van der Waals surface area contributed by atoms with Crippen LogP contribution in [0.2, 0.25) is 0 Å². The Morgan fingerprint density at radius 1 is 1.32 bits per heavy atom. The number of methoxy groups -OCH3 is 1. The minimum atomic E-state index is -0.412. The molecule has 0 saturated heterocycles. The van der Waals surface area contributed by atoms with Gasteiger partial charge in [-0.1, -0.05) is 17.7 Å². The maximum absolute atomic E-state index is 13.5. The van der Waals surface area contributed by atoms with Gasteiger partial charge in [-0.25, -0.2) is 4.39 Å². The third kappa shape index (κ3) is 3.91. The summed E-state index contributed by atoms with van der Waals surface area (Å²) in [7, 11) is 1.43. The first-order chi connectivity index (χ1) is 9.19. The van der Waals surface area contributed by atoms with Crippen LogP contribution in [0.25, 0.3) is 0 Å². The minimum absolute atomic E-state index is 0.151. The SMILES string of the molecule is COc1ccc(CC(=O)CC2=CCCCC2)cc1F. The van der Waals surface area contributed by atoms with E-state index in [2.05, 4.69) is 6.08 Å². The number of allylic oxidation sites excluding steroid dienone is 2. The molecule has 0 bridgehead atoms. The Labute approximate surface area is 113 Å². The van der Waals surface area contributed by atoms with E-state index in [4.69, 9.17) is 4.74 Å². The number of carbonyl (C=O) groups excluding carboxylic acids is 1. The summed E-state index contributed by atoms with van der Waals surface area (Å²) in [4.78, 5) is 12.0. The van der Waals surface area contributed by atoms with Crippen LogP contribution in [0.3, 0.4) is 0 Å². The Morgan fingerprint density at radius 3 is 2.79 bits per heavy atom. The van der Waals surface area contributed by atoms with Crippen LogP contribution in [0.5, 0.6) is 5.75 Å². The van der Waals surface area contributed by atoms with Crippen molar-refractivity contribution in [2.75, 3.05) is 7.11 Å². The molecule has 1 aromatic rings. The number of halogens is 1. The number of ether oxygens (including phenoxy) is 1. The third-order valence-electron chi connectivity index (χ3n) is 3.43. The molecule has 0 aliphatic heterocycles. The second-order valence-corrected chi connectivity index (χ2v) is 4.97. The number of ketones is 1. The van der Waals surface area contributed by atoms with E-state index in [1.165, 1.54) is 31.6 Å². The topological polar surface area (TPSA) is 26.3 Å². The zero-order chi connectivity index (χ0) is 13.7. The summed E-state index contributed by atoms with van der Waals surface area (Å²) in [5.41, 5.74) is 1.95. The highest BCUT2D eigenvalue weighted by Crippen LogP contribution is 2.22. The van der Waals surface area contributed by atoms with E-state index in [-0.39, 0.29) is 18.0 Å². The van der Waals surface area contributed by atoms with E-state index >= 15 is 0 Å². The van der Waals surface area contributed by atoms with Gasteiger partial charge in [-0.15, -0.1) is 0 Å². The second kappa shape index (κ2) is 6.50. The average Bonchev–Trinajstić information content (AvgIpc) is 2.40. The molecule has 0 unspecified atom stereocenters. The standard InChI is InChI=1S/C16H19FO2/c1-19-16-8-7-13(11-15(16)17)10-14(18)9-12-5-3-2-4-6-12/h5,7-8,11H,2-4,6,9-10H2,1H3. The maximum Gasteiger partial charge on any atom is 0.165 e. The van der Waals surface area contributed by atoms with E-state index in [0.29, 0.717) is 12.0 Å². The number of hydrogen-bond acceptors (Lipinski definition) is 2. The van der Waals surface area contributed by atoms with Crippen molar-refractivity contribution in [3.8, 4) is 5.75 Å². The highest BCUT2D eigenvalue weighted by Gasteiger charge is 2.11. The van der Waals surface area contributed by atoms with E-state index < -0.39 is 5.82 Å². The molecule has 102 valence electrons. The van der Waals surface area contributed by atoms with Crippen molar-refractivity contribution >= 4 is 5.78 Å². The van der Waals surface area contributed by atoms with Crippen LogP contribution in [-0.4, -0.2) is 12.9 Å². The summed E-state index contributed by atoms with van der Waals surface area (Å²) in [5.74, 6) is -0.0476. The highest BCUT2D eigenvalue weighted by molar-refractivity contribution is 5.83. The number of benzene rings is 1. The summed E-state index contributed by atoms with van der Waals surface area (Å²) in [5, 5.41) is 0. The van der Waals surface area contributed by atoms with Gasteiger partial charge in [0.15, 0.2) is 11.6 Å². The number of rotatable bonds is 5. The molecular weight excluding hydrogens is 243 g/mol. The Bertz CT molecular complexity index is 492. The highest BCUT2D eigenvalue weighted by atomic mass is 19.1. The molecule has 1 aliphatic carbocycles. The quantitative estimate of drug-likeness (QED) is 0.754. The Kier molecular flexibility index (Phi) is 4.72. The molecule has 0 spiro atoms. The molecule has 0 amide bonds. The molecule has 19 heavy (non-hydrogen) atoms. The number of carbonyl (C=O) groups is 1. The van der Waals surface area contributed by atoms with Gasteiger partial charge in [0.2, 0.25) is 0 Å². The minimum Gasteiger partial charge on any atom is -0.494 e. The van der Waals surface area contributed by atoms with Gasteiger partial charge in [-0.2, -0.15) is 0 Å². The lowest BCUT2D eigenvalue weighted by Crippen LogP contribution is -2.06. The molecule has 1 aromatic carbocycles. The molecule has 3 heteroatoms. The summed E-state index contributed by atoms with van der Waals surface area (Å²) in [6, 6.07) is 4.69. The molecule has 1 aliphatic rings. The van der Waals surface area contributed by atoms with Crippen LogP contribution in [0, 0.1) is 5.82 Å². The van der Waals surface area contributed by atoms with E-state index in [1.54, 1.807) is 12.1 Å². The third-order valence-corrected chi connectivity index (χ3v) is 3.43. The van der Waals surface area contributed by atoms with Crippen molar-refractivity contribution in [3.05, 3.63) is 41.2 Å². The first kappa shape index (κ1) is 13.8. The first-order valence-corrected chi connectivity index (χ1v) is 6.71. The molecule has 0 atom stereocenters. The van der Waals surface area contributed by atoms with Gasteiger partial charge in [0, 0.05) is 12.8 Å². The van der Waals surface area contributed by atoms with E-state index in [0.717, 1.165) is 12.8 Å². The van der Waals surface area contributed by atoms with Crippen molar-refractivity contribution < 1.29 is 13.9 Å². The number of hydrogen-bond donors (Lipinski definition) is 0. The molecular formula is C16H19FO2. The van der Waals surface area contributed by atoms with Crippen molar-refractivity contribution in [1.29, 1.82) is 0 Å². The summed E-state index contributed by atoms with van der Waals surface area (Å²) < 4.78 is 18.4. The van der Waals surface area contributed by atoms with E-state index in [1.807, 2.05) is 0 Å². The van der Waals surface area contributed by atoms with Crippen LogP contribution in [-0.2, 0) is 11.2 Å². The predicted octanol–water partition coefficient (Wildman–Crippen LogP) is 3.84. The van der Waals surface area contributed by atoms with Gasteiger partial charge >= 0.3 is 0 Å². The lowest BCUT2D eigenvalue weighted by atomic mass is 9.94. The van der Waals surface area contributed by atoms with Crippen molar-refractivity contribution in [2.24, 2.45) is 0 Å². The average molecular weight is 262 g/mol. The lowest BCUT2D eigenvalue weighted by Gasteiger charge is -2.12. The Morgan fingerprint density at radius 2 is 2.16 bits per heavy atom. The van der Waals surface area contributed by atoms with Gasteiger partial charge in [-0.3, -0.25) is 4.79 Å². The molecule has 0 aromatic heterocycles. The second-order valence-electron chi connectivity index (χ2n) is 4.97. The zero-order valence-electron chi connectivity index (χ0n) is 11.2. The first-order valence-electron chi connectivity index (χ1n) is 6.71. The number of Topliss-reactive ketones (excluding diaryl/α,β-unsaturated/α-hetero) is 1. The largest absolute Gasteiger partial charge is 0.494 e. The zero-order valence-corrected chi connectivity index (χ0v) is 11.2.